The van der Waals surface area contributed by atoms with E-state index in [9.17, 15) is 0 Å². The first-order valence-corrected chi connectivity index (χ1v) is 5.02. The molecule has 14 heavy (non-hydrogen) atoms. The van der Waals surface area contributed by atoms with Crippen LogP contribution in [0.5, 0.6) is 0 Å². The zero-order valence-electron chi connectivity index (χ0n) is 7.71. The molecule has 1 aromatic heterocycles. The van der Waals surface area contributed by atoms with Gasteiger partial charge < -0.3 is 5.73 Å². The van der Waals surface area contributed by atoms with Gasteiger partial charge in [-0.2, -0.15) is 5.10 Å². The number of aromatic nitrogens is 2. The Morgan fingerprint density at radius 3 is 2.71 bits per heavy atom. The van der Waals surface area contributed by atoms with Crippen LogP contribution in [-0.2, 0) is 0 Å². The Bertz CT molecular complexity index is 442. The molecule has 72 valence electrons. The van der Waals surface area contributed by atoms with Gasteiger partial charge in [-0.05, 0) is 30.2 Å². The van der Waals surface area contributed by atoms with Gasteiger partial charge in [-0.3, -0.25) is 5.10 Å². The Balaban J connectivity index is 2.57. The maximum Gasteiger partial charge on any atom is 0.126 e. The van der Waals surface area contributed by atoms with Gasteiger partial charge in [-0.1, -0.05) is 22.0 Å². The van der Waals surface area contributed by atoms with Crippen LogP contribution in [0.25, 0.3) is 11.1 Å². The summed E-state index contributed by atoms with van der Waals surface area (Å²) in [5.41, 5.74) is 8.94. The second kappa shape index (κ2) is 3.46. The summed E-state index contributed by atoms with van der Waals surface area (Å²) in [6, 6.07) is 6.15. The van der Waals surface area contributed by atoms with Crippen LogP contribution >= 0.6 is 15.9 Å². The standard InChI is InChI=1S/C10H10BrN3/c1-6-2-7(4-8(11)3-6)9-5-13-14-10(9)12/h2-5H,1H3,(H3,12,13,14). The molecule has 1 heterocycles. The summed E-state index contributed by atoms with van der Waals surface area (Å²) in [7, 11) is 0. The van der Waals surface area contributed by atoms with Crippen molar-refractivity contribution >= 4 is 21.7 Å². The van der Waals surface area contributed by atoms with Crippen LogP contribution in [0.15, 0.2) is 28.9 Å². The molecule has 0 aliphatic heterocycles. The lowest BCUT2D eigenvalue weighted by atomic mass is 10.1. The average Bonchev–Trinajstić information content (AvgIpc) is 2.49. The quantitative estimate of drug-likeness (QED) is 0.819. The van der Waals surface area contributed by atoms with Crippen molar-refractivity contribution in [3.63, 3.8) is 0 Å². The number of aromatic amines is 1. The summed E-state index contributed by atoms with van der Waals surface area (Å²) in [4.78, 5) is 0. The minimum atomic E-state index is 0.600. The zero-order valence-corrected chi connectivity index (χ0v) is 9.30. The van der Waals surface area contributed by atoms with E-state index in [1.165, 1.54) is 5.56 Å². The number of anilines is 1. The first-order chi connectivity index (χ1) is 6.66. The third-order valence-corrected chi connectivity index (χ3v) is 2.48. The van der Waals surface area contributed by atoms with Crippen molar-refractivity contribution in [3.8, 4) is 11.1 Å². The number of benzene rings is 1. The number of H-pyrrole nitrogens is 1. The summed E-state index contributed by atoms with van der Waals surface area (Å²) in [6.45, 7) is 2.05. The second-order valence-corrected chi connectivity index (χ2v) is 4.13. The molecular formula is C10H10BrN3. The maximum atomic E-state index is 5.74. The topological polar surface area (TPSA) is 54.7 Å². The highest BCUT2D eigenvalue weighted by Gasteiger charge is 2.05. The lowest BCUT2D eigenvalue weighted by molar-refractivity contribution is 1.10. The summed E-state index contributed by atoms with van der Waals surface area (Å²) < 4.78 is 1.05. The fraction of sp³-hybridized carbons (Fsp3) is 0.100. The van der Waals surface area contributed by atoms with E-state index < -0.39 is 0 Å². The molecule has 2 rings (SSSR count). The molecule has 2 aromatic rings. The number of halogens is 1. The van der Waals surface area contributed by atoms with Gasteiger partial charge in [-0.25, -0.2) is 0 Å². The first-order valence-electron chi connectivity index (χ1n) is 4.23. The molecule has 4 heteroatoms. The number of hydrogen-bond acceptors (Lipinski definition) is 2. The van der Waals surface area contributed by atoms with Crippen LogP contribution in [0.1, 0.15) is 5.56 Å². The van der Waals surface area contributed by atoms with Crippen LogP contribution in [0, 0.1) is 6.92 Å². The number of aryl methyl sites for hydroxylation is 1. The molecule has 3 N–H and O–H groups in total. The van der Waals surface area contributed by atoms with Crippen molar-refractivity contribution in [2.24, 2.45) is 0 Å². The first kappa shape index (κ1) is 9.27. The van der Waals surface area contributed by atoms with Crippen molar-refractivity contribution in [2.75, 3.05) is 5.73 Å². The van der Waals surface area contributed by atoms with Crippen LogP contribution in [0.4, 0.5) is 5.82 Å². The Labute approximate surface area is 90.5 Å². The molecule has 0 saturated heterocycles. The summed E-state index contributed by atoms with van der Waals surface area (Å²) >= 11 is 3.45. The molecule has 1 aromatic carbocycles. The maximum absolute atomic E-state index is 5.74. The van der Waals surface area contributed by atoms with Crippen LogP contribution in [0.2, 0.25) is 0 Å². The van der Waals surface area contributed by atoms with E-state index >= 15 is 0 Å². The van der Waals surface area contributed by atoms with Crippen LogP contribution in [-0.4, -0.2) is 10.2 Å². The van der Waals surface area contributed by atoms with E-state index in [-0.39, 0.29) is 0 Å². The van der Waals surface area contributed by atoms with Crippen molar-refractivity contribution in [2.45, 2.75) is 6.92 Å². The van der Waals surface area contributed by atoms with Crippen molar-refractivity contribution in [1.82, 2.24) is 10.2 Å². The van der Waals surface area contributed by atoms with Crippen molar-refractivity contribution < 1.29 is 0 Å². The Morgan fingerprint density at radius 1 is 1.36 bits per heavy atom. The Kier molecular flexibility index (Phi) is 2.29. The SMILES string of the molecule is Cc1cc(Br)cc(-c2cn[nH]c2N)c1. The van der Waals surface area contributed by atoms with E-state index in [0.717, 1.165) is 15.6 Å². The predicted molar refractivity (Wildman–Crippen MR) is 60.9 cm³/mol. The number of nitrogens with zero attached hydrogens (tertiary/aromatic N) is 1. The fourth-order valence-corrected chi connectivity index (χ4v) is 2.03. The van der Waals surface area contributed by atoms with E-state index in [2.05, 4.69) is 38.3 Å². The highest BCUT2D eigenvalue weighted by molar-refractivity contribution is 9.10. The molecule has 0 fully saturated rings. The Morgan fingerprint density at radius 2 is 2.14 bits per heavy atom. The summed E-state index contributed by atoms with van der Waals surface area (Å²) in [5.74, 6) is 0.600. The van der Waals surface area contributed by atoms with Crippen LogP contribution in [0.3, 0.4) is 0 Å². The van der Waals surface area contributed by atoms with Gasteiger partial charge in [0.2, 0.25) is 0 Å². The number of nitrogens with two attached hydrogens (primary N) is 1. The summed E-state index contributed by atoms with van der Waals surface area (Å²) in [5, 5.41) is 6.61. The van der Waals surface area contributed by atoms with Gasteiger partial charge in [0.1, 0.15) is 5.82 Å². The van der Waals surface area contributed by atoms with Crippen molar-refractivity contribution in [1.29, 1.82) is 0 Å². The lowest BCUT2D eigenvalue weighted by Gasteiger charge is -2.02. The van der Waals surface area contributed by atoms with E-state index in [1.54, 1.807) is 6.20 Å². The molecule has 0 amide bonds. The normalized spacial score (nSPS) is 10.4. The molecule has 0 aliphatic rings. The highest BCUT2D eigenvalue weighted by Crippen LogP contribution is 2.27. The predicted octanol–water partition coefficient (Wildman–Crippen LogP) is 2.73. The minimum absolute atomic E-state index is 0.600. The van der Waals surface area contributed by atoms with Gasteiger partial charge in [0, 0.05) is 10.0 Å². The number of nitrogen functional groups attached to an aromatic ring is 1. The molecule has 0 bridgehead atoms. The van der Waals surface area contributed by atoms with Gasteiger partial charge >= 0.3 is 0 Å². The molecule has 0 unspecified atom stereocenters. The molecular weight excluding hydrogens is 242 g/mol. The van der Waals surface area contributed by atoms with Crippen molar-refractivity contribution in [3.05, 3.63) is 34.4 Å². The molecule has 0 saturated carbocycles. The smallest absolute Gasteiger partial charge is 0.126 e. The third-order valence-electron chi connectivity index (χ3n) is 2.02. The van der Waals surface area contributed by atoms with E-state index in [0.29, 0.717) is 5.82 Å². The lowest BCUT2D eigenvalue weighted by Crippen LogP contribution is -1.88. The Hall–Kier alpha value is -1.29. The van der Waals surface area contributed by atoms with E-state index in [1.807, 2.05) is 13.0 Å². The average molecular weight is 252 g/mol. The molecule has 0 aliphatic carbocycles. The minimum Gasteiger partial charge on any atom is -0.384 e. The van der Waals surface area contributed by atoms with Gasteiger partial charge in [0.05, 0.1) is 6.20 Å². The molecule has 3 nitrogen and oxygen atoms in total. The second-order valence-electron chi connectivity index (χ2n) is 3.21. The highest BCUT2D eigenvalue weighted by atomic mass is 79.9. The fourth-order valence-electron chi connectivity index (χ4n) is 1.42. The number of hydrogen-bond donors (Lipinski definition) is 2. The number of rotatable bonds is 1. The number of nitrogens with one attached hydrogen (secondary N) is 1. The van der Waals surface area contributed by atoms with Gasteiger partial charge in [0.15, 0.2) is 0 Å². The van der Waals surface area contributed by atoms with Gasteiger partial charge in [0.25, 0.3) is 0 Å². The molecule has 0 radical (unpaired) electrons. The molecule has 0 spiro atoms. The van der Waals surface area contributed by atoms with Crippen LogP contribution < -0.4 is 5.73 Å². The molecule has 0 atom stereocenters. The zero-order chi connectivity index (χ0) is 10.1. The van der Waals surface area contributed by atoms with Gasteiger partial charge in [-0.15, -0.1) is 0 Å². The third kappa shape index (κ3) is 1.65. The van der Waals surface area contributed by atoms with E-state index in [4.69, 9.17) is 5.73 Å². The monoisotopic (exact) mass is 251 g/mol. The largest absolute Gasteiger partial charge is 0.384 e. The summed E-state index contributed by atoms with van der Waals surface area (Å²) in [6.07, 6.45) is 1.73.